The van der Waals surface area contributed by atoms with E-state index in [0.717, 1.165) is 17.0 Å². The Morgan fingerprint density at radius 2 is 2.00 bits per heavy atom. The van der Waals surface area contributed by atoms with Crippen molar-refractivity contribution in [2.75, 3.05) is 19.0 Å². The van der Waals surface area contributed by atoms with Crippen LogP contribution < -0.4 is 15.6 Å². The summed E-state index contributed by atoms with van der Waals surface area (Å²) in [5.41, 5.74) is 2.47. The minimum Gasteiger partial charge on any atom is -0.497 e. The monoisotopic (exact) mass is 337 g/mol. The molecule has 1 aromatic carbocycles. The molecule has 0 aliphatic carbocycles. The van der Waals surface area contributed by atoms with Gasteiger partial charge in [0.2, 0.25) is 5.95 Å². The summed E-state index contributed by atoms with van der Waals surface area (Å²) in [5, 5.41) is 3.12. The molecule has 7 nitrogen and oxygen atoms in total. The molecule has 2 N–H and O–H groups in total. The molecule has 2 heterocycles. The third-order valence-electron chi connectivity index (χ3n) is 3.63. The number of benzene rings is 1. The molecule has 128 valence electrons. The summed E-state index contributed by atoms with van der Waals surface area (Å²) in [6.07, 6.45) is 6.29. The Kier molecular flexibility index (Phi) is 5.36. The number of anilines is 1. The van der Waals surface area contributed by atoms with Crippen molar-refractivity contribution in [3.8, 4) is 5.75 Å². The quantitative estimate of drug-likeness (QED) is 0.683. The number of nitrogens with one attached hydrogen (secondary N) is 2. The highest BCUT2D eigenvalue weighted by Gasteiger charge is 2.04. The van der Waals surface area contributed by atoms with E-state index >= 15 is 0 Å². The largest absolute Gasteiger partial charge is 0.497 e. The first kappa shape index (κ1) is 16.6. The van der Waals surface area contributed by atoms with Gasteiger partial charge < -0.3 is 10.1 Å². The molecule has 0 saturated heterocycles. The first-order valence-corrected chi connectivity index (χ1v) is 7.95. The molecule has 0 atom stereocenters. The lowest BCUT2D eigenvalue weighted by atomic mass is 10.1. The number of H-pyrrole nitrogens is 1. The SMILES string of the molecule is COc1ccc(Cc2cc(=O)[nH]c(NCCc3cnccn3)n2)cc1. The van der Waals surface area contributed by atoms with E-state index in [1.807, 2.05) is 24.3 Å². The predicted molar refractivity (Wildman–Crippen MR) is 94.9 cm³/mol. The van der Waals surface area contributed by atoms with Crippen LogP contribution in [0, 0.1) is 0 Å². The van der Waals surface area contributed by atoms with Gasteiger partial charge in [-0.05, 0) is 17.7 Å². The second kappa shape index (κ2) is 8.05. The van der Waals surface area contributed by atoms with Crippen LogP contribution in [-0.4, -0.2) is 33.6 Å². The lowest BCUT2D eigenvalue weighted by Gasteiger charge is -2.07. The lowest BCUT2D eigenvalue weighted by Crippen LogP contribution is -2.16. The van der Waals surface area contributed by atoms with Gasteiger partial charge in [0.1, 0.15) is 5.75 Å². The Bertz CT molecular complexity index is 863. The Morgan fingerprint density at radius 1 is 1.16 bits per heavy atom. The summed E-state index contributed by atoms with van der Waals surface area (Å²) in [6, 6.07) is 9.22. The molecule has 0 radical (unpaired) electrons. The van der Waals surface area contributed by atoms with E-state index < -0.39 is 0 Å². The maximum absolute atomic E-state index is 11.9. The lowest BCUT2D eigenvalue weighted by molar-refractivity contribution is 0.414. The Hall–Kier alpha value is -3.22. The van der Waals surface area contributed by atoms with Gasteiger partial charge in [0.05, 0.1) is 18.5 Å². The van der Waals surface area contributed by atoms with Crippen molar-refractivity contribution in [1.29, 1.82) is 0 Å². The Labute approximate surface area is 145 Å². The molecule has 3 rings (SSSR count). The highest BCUT2D eigenvalue weighted by molar-refractivity contribution is 5.31. The van der Waals surface area contributed by atoms with Gasteiger partial charge in [-0.1, -0.05) is 12.1 Å². The van der Waals surface area contributed by atoms with Crippen LogP contribution in [0.4, 0.5) is 5.95 Å². The third kappa shape index (κ3) is 4.87. The van der Waals surface area contributed by atoms with Gasteiger partial charge in [-0.2, -0.15) is 0 Å². The van der Waals surface area contributed by atoms with Gasteiger partial charge in [0.25, 0.3) is 5.56 Å². The molecule has 0 fully saturated rings. The zero-order chi connectivity index (χ0) is 17.5. The van der Waals surface area contributed by atoms with Gasteiger partial charge in [-0.25, -0.2) is 4.98 Å². The van der Waals surface area contributed by atoms with Crippen molar-refractivity contribution in [3.63, 3.8) is 0 Å². The van der Waals surface area contributed by atoms with E-state index in [1.165, 1.54) is 6.07 Å². The Balaban J connectivity index is 1.64. The van der Waals surface area contributed by atoms with Crippen molar-refractivity contribution in [3.05, 3.63) is 76.2 Å². The minimum absolute atomic E-state index is 0.180. The zero-order valence-electron chi connectivity index (χ0n) is 13.9. The standard InChI is InChI=1S/C18H19N5O2/c1-25-16-4-2-13(3-5-16)10-15-11-17(24)23-18(22-15)21-7-6-14-12-19-8-9-20-14/h2-5,8-9,11-12H,6-7,10H2,1H3,(H2,21,22,23,24). The number of ether oxygens (including phenoxy) is 1. The van der Waals surface area contributed by atoms with E-state index in [0.29, 0.717) is 31.0 Å². The van der Waals surface area contributed by atoms with E-state index in [-0.39, 0.29) is 5.56 Å². The Morgan fingerprint density at radius 3 is 2.72 bits per heavy atom. The van der Waals surface area contributed by atoms with E-state index in [4.69, 9.17) is 4.74 Å². The normalized spacial score (nSPS) is 10.4. The maximum Gasteiger partial charge on any atom is 0.252 e. The van der Waals surface area contributed by atoms with Crippen LogP contribution >= 0.6 is 0 Å². The molecule has 25 heavy (non-hydrogen) atoms. The van der Waals surface area contributed by atoms with Gasteiger partial charge in [0.15, 0.2) is 0 Å². The number of hydrogen-bond donors (Lipinski definition) is 2. The van der Waals surface area contributed by atoms with Crippen molar-refractivity contribution in [1.82, 2.24) is 19.9 Å². The fourth-order valence-corrected chi connectivity index (χ4v) is 2.40. The number of aromatic amines is 1. The summed E-state index contributed by atoms with van der Waals surface area (Å²) in [6.45, 7) is 0.605. The zero-order valence-corrected chi connectivity index (χ0v) is 13.9. The fourth-order valence-electron chi connectivity index (χ4n) is 2.40. The molecule has 0 saturated carbocycles. The van der Waals surface area contributed by atoms with Crippen molar-refractivity contribution >= 4 is 5.95 Å². The molecule has 0 aliphatic heterocycles. The van der Waals surface area contributed by atoms with Crippen LogP contribution in [0.5, 0.6) is 5.75 Å². The smallest absolute Gasteiger partial charge is 0.252 e. The van der Waals surface area contributed by atoms with Crippen molar-refractivity contribution < 1.29 is 4.74 Å². The molecule has 7 heteroatoms. The summed E-state index contributed by atoms with van der Waals surface area (Å²) < 4.78 is 5.15. The van der Waals surface area contributed by atoms with Crippen LogP contribution in [0.2, 0.25) is 0 Å². The third-order valence-corrected chi connectivity index (χ3v) is 3.63. The highest BCUT2D eigenvalue weighted by Crippen LogP contribution is 2.13. The second-order valence-electron chi connectivity index (χ2n) is 5.48. The number of rotatable bonds is 7. The van der Waals surface area contributed by atoms with Gasteiger partial charge in [0, 0.05) is 44.0 Å². The molecule has 0 spiro atoms. The molecule has 3 aromatic rings. The minimum atomic E-state index is -0.180. The molecular weight excluding hydrogens is 318 g/mol. The van der Waals surface area contributed by atoms with Crippen LogP contribution in [0.15, 0.2) is 53.7 Å². The topological polar surface area (TPSA) is 92.8 Å². The maximum atomic E-state index is 11.9. The first-order chi connectivity index (χ1) is 12.2. The van der Waals surface area contributed by atoms with Crippen LogP contribution in [-0.2, 0) is 12.8 Å². The first-order valence-electron chi connectivity index (χ1n) is 7.95. The fraction of sp³-hybridized carbons (Fsp3) is 0.222. The van der Waals surface area contributed by atoms with Crippen LogP contribution in [0.1, 0.15) is 17.0 Å². The van der Waals surface area contributed by atoms with Gasteiger partial charge in [-0.15, -0.1) is 0 Å². The molecule has 0 aliphatic rings. The number of nitrogens with zero attached hydrogens (tertiary/aromatic N) is 3. The summed E-state index contributed by atoms with van der Waals surface area (Å²) in [7, 11) is 1.63. The van der Waals surface area contributed by atoms with Gasteiger partial charge in [-0.3, -0.25) is 19.7 Å². The van der Waals surface area contributed by atoms with E-state index in [1.54, 1.807) is 25.7 Å². The van der Waals surface area contributed by atoms with Gasteiger partial charge >= 0.3 is 0 Å². The molecule has 2 aromatic heterocycles. The van der Waals surface area contributed by atoms with Crippen LogP contribution in [0.25, 0.3) is 0 Å². The van der Waals surface area contributed by atoms with Crippen molar-refractivity contribution in [2.24, 2.45) is 0 Å². The number of methoxy groups -OCH3 is 1. The predicted octanol–water partition coefficient (Wildman–Crippen LogP) is 1.81. The molecule has 0 bridgehead atoms. The van der Waals surface area contributed by atoms with Crippen molar-refractivity contribution in [2.45, 2.75) is 12.8 Å². The average Bonchev–Trinajstić information content (AvgIpc) is 2.63. The van der Waals surface area contributed by atoms with E-state index in [9.17, 15) is 4.79 Å². The highest BCUT2D eigenvalue weighted by atomic mass is 16.5. The molecule has 0 amide bonds. The van der Waals surface area contributed by atoms with Crippen LogP contribution in [0.3, 0.4) is 0 Å². The summed E-state index contributed by atoms with van der Waals surface area (Å²) in [5.74, 6) is 1.26. The second-order valence-corrected chi connectivity index (χ2v) is 5.48. The molecule has 0 unspecified atom stereocenters. The summed E-state index contributed by atoms with van der Waals surface area (Å²) in [4.78, 5) is 27.3. The summed E-state index contributed by atoms with van der Waals surface area (Å²) >= 11 is 0. The van der Waals surface area contributed by atoms with E-state index in [2.05, 4.69) is 25.3 Å². The number of hydrogen-bond acceptors (Lipinski definition) is 6. The molecular formula is C18H19N5O2. The average molecular weight is 337 g/mol. The number of aromatic nitrogens is 4.